The maximum atomic E-state index is 13.0. The molecule has 0 radical (unpaired) electrons. The van der Waals surface area contributed by atoms with Gasteiger partial charge in [-0.15, -0.1) is 11.3 Å². The number of fused-ring (bicyclic) bond motifs is 2. The molecule has 3 aliphatic rings. The smallest absolute Gasteiger partial charge is 0.262 e. The molecule has 13 heteroatoms. The van der Waals surface area contributed by atoms with Crippen molar-refractivity contribution < 1.29 is 28.7 Å². The Kier molecular flexibility index (Phi) is 9.79. The highest BCUT2D eigenvalue weighted by Crippen LogP contribution is 2.35. The molecule has 50 heavy (non-hydrogen) atoms. The van der Waals surface area contributed by atoms with Crippen LogP contribution in [0.5, 0.6) is 5.75 Å². The first-order chi connectivity index (χ1) is 24.2. The largest absolute Gasteiger partial charge is 0.490 e. The summed E-state index contributed by atoms with van der Waals surface area (Å²) >= 11 is 1.68. The van der Waals surface area contributed by atoms with E-state index >= 15 is 0 Å². The molecule has 0 spiro atoms. The Morgan fingerprint density at radius 1 is 0.920 bits per heavy atom. The zero-order chi connectivity index (χ0) is 34.8. The molecule has 3 N–H and O–H groups in total. The minimum atomic E-state index is -0.971. The predicted molar refractivity (Wildman–Crippen MR) is 192 cm³/mol. The SMILES string of the molecule is CN(C)c1ccc(-c2nc3ccc(O[C@H]4C[C@H](OCCCNCCNc5ccc6c(c5)C(=O)N(C5CCC(=O)NC5=O)C6=O)C4)cc3s2)cc1. The summed E-state index contributed by atoms with van der Waals surface area (Å²) < 4.78 is 13.4. The first kappa shape index (κ1) is 33.6. The lowest BCUT2D eigenvalue weighted by Gasteiger charge is -2.35. The van der Waals surface area contributed by atoms with Gasteiger partial charge in [0, 0.05) is 70.0 Å². The third kappa shape index (κ3) is 7.21. The Bertz CT molecular complexity index is 1920. The number of imide groups is 2. The van der Waals surface area contributed by atoms with E-state index in [1.54, 1.807) is 29.5 Å². The number of hydrogen-bond donors (Lipinski definition) is 3. The number of hydrogen-bond acceptors (Lipinski definition) is 11. The van der Waals surface area contributed by atoms with Crippen LogP contribution in [0.3, 0.4) is 0 Å². The number of ether oxygens (including phenoxy) is 2. The average Bonchev–Trinajstić information content (AvgIpc) is 3.62. The molecule has 4 amide bonds. The molecule has 1 saturated heterocycles. The molecule has 7 rings (SSSR count). The second-order valence-electron chi connectivity index (χ2n) is 13.0. The molecular formula is C37H40N6O6S. The van der Waals surface area contributed by atoms with Crippen LogP contribution in [-0.2, 0) is 14.3 Å². The van der Waals surface area contributed by atoms with Gasteiger partial charge in [-0.3, -0.25) is 29.4 Å². The molecule has 0 bridgehead atoms. The van der Waals surface area contributed by atoms with Crippen molar-refractivity contribution in [1.82, 2.24) is 20.5 Å². The van der Waals surface area contributed by atoms with Gasteiger partial charge < -0.3 is 25.0 Å². The lowest BCUT2D eigenvalue weighted by Crippen LogP contribution is -2.54. The van der Waals surface area contributed by atoms with Crippen molar-refractivity contribution in [2.24, 2.45) is 0 Å². The summed E-state index contributed by atoms with van der Waals surface area (Å²) in [6.07, 6.45) is 3.23. The van der Waals surface area contributed by atoms with Crippen molar-refractivity contribution in [2.75, 3.05) is 50.6 Å². The zero-order valence-corrected chi connectivity index (χ0v) is 28.9. The number of carbonyl (C=O) groups is 4. The highest BCUT2D eigenvalue weighted by Gasteiger charge is 2.44. The maximum Gasteiger partial charge on any atom is 0.262 e. The third-order valence-electron chi connectivity index (χ3n) is 9.27. The topological polar surface area (TPSA) is 142 Å². The Morgan fingerprint density at radius 2 is 1.72 bits per heavy atom. The van der Waals surface area contributed by atoms with E-state index in [0.717, 1.165) is 62.9 Å². The van der Waals surface area contributed by atoms with Crippen LogP contribution in [0, 0.1) is 0 Å². The summed E-state index contributed by atoms with van der Waals surface area (Å²) in [4.78, 5) is 57.5. The number of piperidine rings is 1. The van der Waals surface area contributed by atoms with Crippen molar-refractivity contribution >= 4 is 56.6 Å². The zero-order valence-electron chi connectivity index (χ0n) is 28.1. The first-order valence-corrected chi connectivity index (χ1v) is 17.8. The molecule has 4 aromatic rings. The van der Waals surface area contributed by atoms with Gasteiger partial charge in [0.1, 0.15) is 22.9 Å². The Hall–Kier alpha value is -4.85. The lowest BCUT2D eigenvalue weighted by atomic mass is 9.92. The molecule has 2 aliphatic heterocycles. The summed E-state index contributed by atoms with van der Waals surface area (Å²) in [5, 5.41) is 9.88. The molecular weight excluding hydrogens is 657 g/mol. The summed E-state index contributed by atoms with van der Waals surface area (Å²) in [7, 11) is 4.07. The van der Waals surface area contributed by atoms with E-state index in [1.165, 1.54) is 0 Å². The normalized spacial score (nSPS) is 20.1. The summed E-state index contributed by atoms with van der Waals surface area (Å²) in [5.41, 5.74) is 4.49. The van der Waals surface area contributed by atoms with E-state index in [9.17, 15) is 19.2 Å². The van der Waals surface area contributed by atoms with E-state index in [4.69, 9.17) is 14.5 Å². The van der Waals surface area contributed by atoms with Crippen LogP contribution in [0.25, 0.3) is 20.8 Å². The highest BCUT2D eigenvalue weighted by atomic mass is 32.1. The highest BCUT2D eigenvalue weighted by molar-refractivity contribution is 7.21. The number of thiazole rings is 1. The van der Waals surface area contributed by atoms with Crippen LogP contribution in [0.15, 0.2) is 60.7 Å². The summed E-state index contributed by atoms with van der Waals surface area (Å²) in [5.74, 6) is -1.17. The Morgan fingerprint density at radius 3 is 2.50 bits per heavy atom. The quantitative estimate of drug-likeness (QED) is 0.128. The summed E-state index contributed by atoms with van der Waals surface area (Å²) in [6.45, 7) is 2.81. The van der Waals surface area contributed by atoms with Gasteiger partial charge in [0.15, 0.2) is 0 Å². The van der Waals surface area contributed by atoms with Gasteiger partial charge in [-0.25, -0.2) is 4.98 Å². The van der Waals surface area contributed by atoms with E-state index in [0.29, 0.717) is 25.4 Å². The average molecular weight is 697 g/mol. The molecule has 2 fully saturated rings. The molecule has 1 unspecified atom stereocenters. The van der Waals surface area contributed by atoms with Gasteiger partial charge in [0.25, 0.3) is 11.8 Å². The van der Waals surface area contributed by atoms with Crippen molar-refractivity contribution in [1.29, 1.82) is 0 Å². The van der Waals surface area contributed by atoms with Crippen LogP contribution in [0.1, 0.15) is 52.8 Å². The van der Waals surface area contributed by atoms with Gasteiger partial charge in [-0.2, -0.15) is 0 Å². The fraction of sp³-hybridized carbons (Fsp3) is 0.378. The maximum absolute atomic E-state index is 13.0. The molecule has 1 aliphatic carbocycles. The number of rotatable bonds is 14. The Balaban J connectivity index is 0.772. The van der Waals surface area contributed by atoms with Crippen LogP contribution in [0.2, 0.25) is 0 Å². The minimum Gasteiger partial charge on any atom is -0.490 e. The molecule has 12 nitrogen and oxygen atoms in total. The molecule has 1 saturated carbocycles. The number of aromatic nitrogens is 1. The van der Waals surface area contributed by atoms with Gasteiger partial charge in [0.05, 0.1) is 27.4 Å². The fourth-order valence-electron chi connectivity index (χ4n) is 6.39. The van der Waals surface area contributed by atoms with Crippen LogP contribution in [0.4, 0.5) is 11.4 Å². The van der Waals surface area contributed by atoms with E-state index in [-0.39, 0.29) is 36.2 Å². The van der Waals surface area contributed by atoms with E-state index < -0.39 is 29.7 Å². The van der Waals surface area contributed by atoms with Gasteiger partial charge in [-0.05, 0) is 80.1 Å². The molecule has 1 aromatic heterocycles. The number of amides is 4. The van der Waals surface area contributed by atoms with Crippen molar-refractivity contribution in [3.8, 4) is 16.3 Å². The number of anilines is 2. The fourth-order valence-corrected chi connectivity index (χ4v) is 7.39. The number of carbonyl (C=O) groups excluding carboxylic acids is 4. The minimum absolute atomic E-state index is 0.0910. The number of nitrogens with zero attached hydrogens (tertiary/aromatic N) is 3. The van der Waals surface area contributed by atoms with Gasteiger partial charge in [0.2, 0.25) is 11.8 Å². The second-order valence-corrected chi connectivity index (χ2v) is 14.1. The van der Waals surface area contributed by atoms with Crippen LogP contribution in [-0.4, -0.2) is 92.1 Å². The molecule has 3 heterocycles. The lowest BCUT2D eigenvalue weighted by molar-refractivity contribution is -0.136. The number of nitrogens with one attached hydrogen (secondary N) is 3. The third-order valence-corrected chi connectivity index (χ3v) is 10.3. The molecule has 260 valence electrons. The molecule has 1 atom stereocenters. The van der Waals surface area contributed by atoms with E-state index in [2.05, 4.69) is 51.2 Å². The molecule has 3 aromatic carbocycles. The van der Waals surface area contributed by atoms with Gasteiger partial charge in [-0.1, -0.05) is 0 Å². The monoisotopic (exact) mass is 696 g/mol. The Labute approximate surface area is 294 Å². The standard InChI is InChI=1S/C37H40N6O6S/c1-42(2)24-7-4-22(5-8-24)35-40-30-11-9-25(21-32(30)50-35)49-27-19-26(20-27)48-17-3-14-38-15-16-39-23-6-10-28-29(18-23)37(47)43(36(28)46)31-12-13-33(44)41-34(31)45/h4-11,18,21,26-27,31,38-39H,3,12-17,19-20H2,1-2H3,(H,41,44,45)/t26-,27-,31?. The van der Waals surface area contributed by atoms with Gasteiger partial charge >= 0.3 is 0 Å². The van der Waals surface area contributed by atoms with Crippen LogP contribution < -0.4 is 25.6 Å². The second kappa shape index (κ2) is 14.6. The number of benzene rings is 3. The first-order valence-electron chi connectivity index (χ1n) is 17.0. The van der Waals surface area contributed by atoms with E-state index in [1.807, 2.05) is 26.2 Å². The van der Waals surface area contributed by atoms with Crippen molar-refractivity contribution in [3.63, 3.8) is 0 Å². The van der Waals surface area contributed by atoms with Crippen molar-refractivity contribution in [3.05, 3.63) is 71.8 Å². The van der Waals surface area contributed by atoms with Crippen molar-refractivity contribution in [2.45, 2.75) is 50.4 Å². The summed E-state index contributed by atoms with van der Waals surface area (Å²) in [6, 6.07) is 18.6. The van der Waals surface area contributed by atoms with Crippen LogP contribution >= 0.6 is 11.3 Å². The predicted octanol–water partition coefficient (Wildman–Crippen LogP) is 4.45.